The van der Waals surface area contributed by atoms with E-state index >= 15 is 0 Å². The molecule has 0 bridgehead atoms. The molecule has 0 saturated carbocycles. The van der Waals surface area contributed by atoms with Crippen LogP contribution in [0.25, 0.3) is 0 Å². The monoisotopic (exact) mass is 210 g/mol. The first kappa shape index (κ1) is 11.8. The number of hydrogen-bond donors (Lipinski definition) is 2. The molecule has 84 valence electrons. The Balaban J connectivity index is 2.54. The molecule has 0 fully saturated rings. The first-order valence-corrected chi connectivity index (χ1v) is 5.08. The molecule has 0 aliphatic rings. The quantitative estimate of drug-likeness (QED) is 0.787. The maximum absolute atomic E-state index is 11.6. The van der Waals surface area contributed by atoms with Crippen LogP contribution in [0.4, 0.5) is 0 Å². The van der Waals surface area contributed by atoms with Crippen LogP contribution in [0.5, 0.6) is 0 Å². The Kier molecular flexibility index (Phi) is 3.52. The molecule has 1 heterocycles. The van der Waals surface area contributed by atoms with E-state index < -0.39 is 5.54 Å². The number of furan rings is 1. The normalized spacial score (nSPS) is 11.5. The number of carbonyl (C=O) groups is 1. The fraction of sp³-hybridized carbons (Fsp3) is 0.545. The van der Waals surface area contributed by atoms with E-state index in [4.69, 9.17) is 10.2 Å². The van der Waals surface area contributed by atoms with Gasteiger partial charge in [-0.15, -0.1) is 0 Å². The average Bonchev–Trinajstić information content (AvgIpc) is 2.61. The Hall–Kier alpha value is -1.29. The molecule has 1 aromatic rings. The molecule has 1 aromatic heterocycles. The molecular weight excluding hydrogens is 192 g/mol. The van der Waals surface area contributed by atoms with Crippen molar-refractivity contribution in [1.82, 2.24) is 5.32 Å². The molecule has 3 N–H and O–H groups in total. The Morgan fingerprint density at radius 2 is 2.20 bits per heavy atom. The fourth-order valence-corrected chi connectivity index (χ4v) is 1.09. The second-order valence-corrected chi connectivity index (χ2v) is 4.29. The second-order valence-electron chi connectivity index (χ2n) is 4.29. The Labute approximate surface area is 89.8 Å². The largest absolute Gasteiger partial charge is 0.456 e. The van der Waals surface area contributed by atoms with E-state index in [-0.39, 0.29) is 5.91 Å². The van der Waals surface area contributed by atoms with E-state index in [1.807, 2.05) is 26.8 Å². The van der Waals surface area contributed by atoms with Crippen molar-refractivity contribution in [1.29, 1.82) is 0 Å². The summed E-state index contributed by atoms with van der Waals surface area (Å²) in [6.45, 7) is 6.11. The van der Waals surface area contributed by atoms with Crippen LogP contribution in [0.2, 0.25) is 0 Å². The number of hydrogen-bond acceptors (Lipinski definition) is 3. The summed E-state index contributed by atoms with van der Waals surface area (Å²) in [4.78, 5) is 11.6. The van der Waals surface area contributed by atoms with Crippen LogP contribution in [0.3, 0.4) is 0 Å². The third kappa shape index (κ3) is 3.75. The third-order valence-electron chi connectivity index (χ3n) is 1.94. The lowest BCUT2D eigenvalue weighted by atomic mass is 10.1. The van der Waals surface area contributed by atoms with Gasteiger partial charge in [-0.3, -0.25) is 4.79 Å². The van der Waals surface area contributed by atoms with Crippen molar-refractivity contribution in [2.24, 2.45) is 5.73 Å². The van der Waals surface area contributed by atoms with E-state index in [9.17, 15) is 4.79 Å². The topological polar surface area (TPSA) is 68.3 Å². The summed E-state index contributed by atoms with van der Waals surface area (Å²) in [6.07, 6.45) is 0.787. The Bertz CT molecular complexity index is 337. The summed E-state index contributed by atoms with van der Waals surface area (Å²) in [5.74, 6) is 0.941. The standard InChI is InChI=1S/C11H18N2O2/c1-4-8-5-6-9(15-8)10(14)13-7-11(2,3)12/h5-6H,4,7,12H2,1-3H3,(H,13,14). The zero-order valence-corrected chi connectivity index (χ0v) is 9.46. The van der Waals surface area contributed by atoms with Crippen LogP contribution in [0, 0.1) is 0 Å². The SMILES string of the molecule is CCc1ccc(C(=O)NCC(C)(C)N)o1. The molecule has 1 amide bonds. The second kappa shape index (κ2) is 4.49. The third-order valence-corrected chi connectivity index (χ3v) is 1.94. The van der Waals surface area contributed by atoms with Gasteiger partial charge in [0.05, 0.1) is 0 Å². The zero-order valence-electron chi connectivity index (χ0n) is 9.46. The minimum atomic E-state index is -0.407. The summed E-state index contributed by atoms with van der Waals surface area (Å²) in [5.41, 5.74) is 5.34. The summed E-state index contributed by atoms with van der Waals surface area (Å²) in [6, 6.07) is 3.49. The minimum Gasteiger partial charge on any atom is -0.456 e. The highest BCUT2D eigenvalue weighted by Gasteiger charge is 2.15. The first-order valence-electron chi connectivity index (χ1n) is 5.08. The van der Waals surface area contributed by atoms with Crippen molar-refractivity contribution >= 4 is 5.91 Å². The van der Waals surface area contributed by atoms with Gasteiger partial charge in [-0.1, -0.05) is 6.92 Å². The van der Waals surface area contributed by atoms with Gasteiger partial charge in [-0.05, 0) is 26.0 Å². The first-order chi connectivity index (χ1) is 6.92. The number of aryl methyl sites for hydroxylation is 1. The Morgan fingerprint density at radius 3 is 2.67 bits per heavy atom. The summed E-state index contributed by atoms with van der Waals surface area (Å²) in [5, 5.41) is 2.72. The molecule has 0 aliphatic carbocycles. The summed E-state index contributed by atoms with van der Waals surface area (Å²) in [7, 11) is 0. The van der Waals surface area contributed by atoms with Crippen molar-refractivity contribution in [3.05, 3.63) is 23.7 Å². The van der Waals surface area contributed by atoms with Gasteiger partial charge in [0.1, 0.15) is 5.76 Å². The molecule has 0 unspecified atom stereocenters. The van der Waals surface area contributed by atoms with Gasteiger partial charge < -0.3 is 15.5 Å². The van der Waals surface area contributed by atoms with E-state index in [1.54, 1.807) is 6.07 Å². The molecule has 0 aromatic carbocycles. The van der Waals surface area contributed by atoms with Gasteiger partial charge in [0.2, 0.25) is 0 Å². The van der Waals surface area contributed by atoms with E-state index in [2.05, 4.69) is 5.32 Å². The smallest absolute Gasteiger partial charge is 0.287 e. The lowest BCUT2D eigenvalue weighted by Crippen LogP contribution is -2.45. The van der Waals surface area contributed by atoms with Crippen molar-refractivity contribution < 1.29 is 9.21 Å². The van der Waals surface area contributed by atoms with E-state index in [0.29, 0.717) is 12.3 Å². The highest BCUT2D eigenvalue weighted by atomic mass is 16.3. The Morgan fingerprint density at radius 1 is 1.53 bits per heavy atom. The maximum atomic E-state index is 11.6. The molecule has 0 radical (unpaired) electrons. The lowest BCUT2D eigenvalue weighted by molar-refractivity contribution is 0.0916. The number of nitrogens with one attached hydrogen (secondary N) is 1. The van der Waals surface area contributed by atoms with Gasteiger partial charge in [0.15, 0.2) is 5.76 Å². The van der Waals surface area contributed by atoms with Gasteiger partial charge >= 0.3 is 0 Å². The fourth-order valence-electron chi connectivity index (χ4n) is 1.09. The minimum absolute atomic E-state index is 0.215. The van der Waals surface area contributed by atoms with Gasteiger partial charge in [0.25, 0.3) is 5.91 Å². The molecule has 4 nitrogen and oxygen atoms in total. The zero-order chi connectivity index (χ0) is 11.5. The number of rotatable bonds is 4. The van der Waals surface area contributed by atoms with Crippen LogP contribution in [0.15, 0.2) is 16.5 Å². The summed E-state index contributed by atoms with van der Waals surface area (Å²) >= 11 is 0. The number of carbonyl (C=O) groups excluding carboxylic acids is 1. The van der Waals surface area contributed by atoms with Crippen LogP contribution in [-0.2, 0) is 6.42 Å². The predicted octanol–water partition coefficient (Wildman–Crippen LogP) is 1.31. The van der Waals surface area contributed by atoms with Gasteiger partial charge in [-0.2, -0.15) is 0 Å². The molecule has 15 heavy (non-hydrogen) atoms. The van der Waals surface area contributed by atoms with Crippen molar-refractivity contribution in [3.8, 4) is 0 Å². The maximum Gasteiger partial charge on any atom is 0.287 e. The van der Waals surface area contributed by atoms with Crippen LogP contribution in [0.1, 0.15) is 37.1 Å². The van der Waals surface area contributed by atoms with Crippen molar-refractivity contribution in [2.75, 3.05) is 6.54 Å². The van der Waals surface area contributed by atoms with Gasteiger partial charge in [0, 0.05) is 18.5 Å². The number of nitrogens with two attached hydrogens (primary N) is 1. The van der Waals surface area contributed by atoms with Crippen LogP contribution >= 0.6 is 0 Å². The van der Waals surface area contributed by atoms with Crippen LogP contribution in [-0.4, -0.2) is 18.0 Å². The lowest BCUT2D eigenvalue weighted by Gasteiger charge is -2.18. The van der Waals surface area contributed by atoms with Gasteiger partial charge in [-0.25, -0.2) is 0 Å². The molecular formula is C11H18N2O2. The van der Waals surface area contributed by atoms with Crippen molar-refractivity contribution in [2.45, 2.75) is 32.7 Å². The molecule has 4 heteroatoms. The van der Waals surface area contributed by atoms with E-state index in [0.717, 1.165) is 12.2 Å². The summed E-state index contributed by atoms with van der Waals surface area (Å²) < 4.78 is 5.31. The average molecular weight is 210 g/mol. The highest BCUT2D eigenvalue weighted by Crippen LogP contribution is 2.08. The highest BCUT2D eigenvalue weighted by molar-refractivity contribution is 5.91. The molecule has 1 rings (SSSR count). The molecule has 0 atom stereocenters. The predicted molar refractivity (Wildman–Crippen MR) is 58.7 cm³/mol. The van der Waals surface area contributed by atoms with Crippen LogP contribution < -0.4 is 11.1 Å². The molecule has 0 aliphatic heterocycles. The number of amides is 1. The molecule has 0 spiro atoms. The van der Waals surface area contributed by atoms with E-state index in [1.165, 1.54) is 0 Å². The van der Waals surface area contributed by atoms with Crippen molar-refractivity contribution in [3.63, 3.8) is 0 Å². The molecule has 0 saturated heterocycles.